The average Bonchev–Trinajstić information content (AvgIpc) is 3.22. The van der Waals surface area contributed by atoms with Gasteiger partial charge in [0.05, 0.1) is 25.2 Å². The van der Waals surface area contributed by atoms with Crippen LogP contribution in [0, 0.1) is 0 Å². The molecule has 0 aliphatic carbocycles. The molecule has 0 aromatic heterocycles. The van der Waals surface area contributed by atoms with Gasteiger partial charge in [-0.15, -0.1) is 0 Å². The molecule has 1 amide bonds. The SMILES string of the molecule is CCCCCC/C=C\CCCCCCCC(CC(=O)NC(CO)C(O)CCCCCCCCCCCCCCCCCC)OC(=O)CCCCCCCCCCCC. The summed E-state index contributed by atoms with van der Waals surface area (Å²) in [4.78, 5) is 26.1. The maximum Gasteiger partial charge on any atom is 0.306 e. The normalized spacial score (nSPS) is 13.3. The third kappa shape index (κ3) is 41.3. The van der Waals surface area contributed by atoms with Gasteiger partial charge in [0.1, 0.15) is 6.10 Å². The topological polar surface area (TPSA) is 95.9 Å². The highest BCUT2D eigenvalue weighted by molar-refractivity contribution is 5.77. The molecule has 0 bridgehead atoms. The molecule has 6 nitrogen and oxygen atoms in total. The van der Waals surface area contributed by atoms with E-state index < -0.39 is 18.2 Å². The van der Waals surface area contributed by atoms with Crippen molar-refractivity contribution in [1.82, 2.24) is 5.32 Å². The van der Waals surface area contributed by atoms with Crippen LogP contribution in [0.1, 0.15) is 284 Å². The summed E-state index contributed by atoms with van der Waals surface area (Å²) >= 11 is 0. The molecule has 0 aromatic rings. The Kier molecular flexibility index (Phi) is 45.5. The highest BCUT2D eigenvalue weighted by atomic mass is 16.5. The number of unbranched alkanes of at least 4 members (excludes halogenated alkanes) is 33. The summed E-state index contributed by atoms with van der Waals surface area (Å²) in [6.07, 6.45) is 51.3. The van der Waals surface area contributed by atoms with Crippen molar-refractivity contribution in [3.05, 3.63) is 12.2 Å². The van der Waals surface area contributed by atoms with E-state index in [0.717, 1.165) is 57.8 Å². The summed E-state index contributed by atoms with van der Waals surface area (Å²) in [5.74, 6) is -0.468. The number of rotatable bonds is 47. The first-order valence-electron chi connectivity index (χ1n) is 25.9. The average molecular weight is 820 g/mol. The Morgan fingerprint density at radius 2 is 0.828 bits per heavy atom. The van der Waals surface area contributed by atoms with E-state index in [9.17, 15) is 19.8 Å². The molecule has 0 aliphatic rings. The van der Waals surface area contributed by atoms with E-state index >= 15 is 0 Å². The smallest absolute Gasteiger partial charge is 0.306 e. The van der Waals surface area contributed by atoms with Crippen molar-refractivity contribution < 1.29 is 24.5 Å². The van der Waals surface area contributed by atoms with E-state index in [-0.39, 0.29) is 24.9 Å². The number of carbonyl (C=O) groups is 2. The van der Waals surface area contributed by atoms with Gasteiger partial charge in [-0.2, -0.15) is 0 Å². The zero-order valence-corrected chi connectivity index (χ0v) is 39.2. The van der Waals surface area contributed by atoms with Crippen LogP contribution in [-0.4, -0.2) is 46.9 Å². The fraction of sp³-hybridized carbons (Fsp3) is 0.923. The first-order valence-corrected chi connectivity index (χ1v) is 25.9. The summed E-state index contributed by atoms with van der Waals surface area (Å²) in [7, 11) is 0. The number of nitrogens with one attached hydrogen (secondary N) is 1. The van der Waals surface area contributed by atoms with Gasteiger partial charge in [0.2, 0.25) is 5.91 Å². The van der Waals surface area contributed by atoms with Crippen molar-refractivity contribution >= 4 is 11.9 Å². The lowest BCUT2D eigenvalue weighted by molar-refractivity contribution is -0.151. The van der Waals surface area contributed by atoms with Crippen molar-refractivity contribution in [2.24, 2.45) is 0 Å². The van der Waals surface area contributed by atoms with E-state index in [0.29, 0.717) is 19.3 Å². The third-order valence-electron chi connectivity index (χ3n) is 12.1. The van der Waals surface area contributed by atoms with E-state index in [1.54, 1.807) is 0 Å². The monoisotopic (exact) mass is 820 g/mol. The van der Waals surface area contributed by atoms with Crippen LogP contribution in [0.4, 0.5) is 0 Å². The lowest BCUT2D eigenvalue weighted by atomic mass is 10.0. The van der Waals surface area contributed by atoms with Gasteiger partial charge in [0, 0.05) is 6.42 Å². The zero-order valence-electron chi connectivity index (χ0n) is 39.2. The lowest BCUT2D eigenvalue weighted by Gasteiger charge is -2.24. The van der Waals surface area contributed by atoms with Gasteiger partial charge in [-0.1, -0.05) is 232 Å². The van der Waals surface area contributed by atoms with Gasteiger partial charge >= 0.3 is 5.97 Å². The fourth-order valence-corrected chi connectivity index (χ4v) is 8.13. The predicted octanol–water partition coefficient (Wildman–Crippen LogP) is 15.3. The number of esters is 1. The van der Waals surface area contributed by atoms with Crippen molar-refractivity contribution in [3.8, 4) is 0 Å². The summed E-state index contributed by atoms with van der Waals surface area (Å²) in [6.45, 7) is 6.48. The molecule has 6 heteroatoms. The number of allylic oxidation sites excluding steroid dienone is 2. The zero-order chi connectivity index (χ0) is 42.4. The van der Waals surface area contributed by atoms with Crippen LogP contribution < -0.4 is 5.32 Å². The molecule has 3 atom stereocenters. The maximum absolute atomic E-state index is 13.2. The van der Waals surface area contributed by atoms with Crippen LogP contribution >= 0.6 is 0 Å². The van der Waals surface area contributed by atoms with Crippen LogP contribution in [0.25, 0.3) is 0 Å². The molecule has 0 aromatic carbocycles. The Labute approximate surface area is 361 Å². The predicted molar refractivity (Wildman–Crippen MR) is 250 cm³/mol. The van der Waals surface area contributed by atoms with Crippen LogP contribution in [-0.2, 0) is 14.3 Å². The molecule has 0 rings (SSSR count). The number of amides is 1. The Balaban J connectivity index is 4.48. The maximum atomic E-state index is 13.2. The second kappa shape index (κ2) is 46.7. The molecule has 58 heavy (non-hydrogen) atoms. The van der Waals surface area contributed by atoms with Crippen LogP contribution in [0.15, 0.2) is 12.2 Å². The molecule has 3 unspecified atom stereocenters. The summed E-state index contributed by atoms with van der Waals surface area (Å²) in [5, 5.41) is 23.8. The Hall–Kier alpha value is -1.40. The van der Waals surface area contributed by atoms with Crippen LogP contribution in [0.2, 0.25) is 0 Å². The molecule has 0 heterocycles. The number of ether oxygens (including phenoxy) is 1. The summed E-state index contributed by atoms with van der Waals surface area (Å²) < 4.78 is 5.92. The Morgan fingerprint density at radius 3 is 1.24 bits per heavy atom. The first-order chi connectivity index (χ1) is 28.5. The molecule has 0 saturated heterocycles. The van der Waals surface area contributed by atoms with E-state index in [1.165, 1.54) is 180 Å². The van der Waals surface area contributed by atoms with E-state index in [2.05, 4.69) is 38.2 Å². The number of hydrogen-bond acceptors (Lipinski definition) is 5. The van der Waals surface area contributed by atoms with Crippen molar-refractivity contribution in [3.63, 3.8) is 0 Å². The summed E-state index contributed by atoms with van der Waals surface area (Å²) in [6, 6.07) is -0.697. The standard InChI is InChI=1S/C52H101NO5/c1-4-7-10-13-16-19-22-24-25-26-28-30-32-35-38-41-44-50(55)49(47-54)53-51(56)46-48(43-40-37-34-31-29-27-23-20-17-14-11-8-5-2)58-52(57)45-42-39-36-33-21-18-15-12-9-6-3/h20,23,48-50,54-55H,4-19,21-22,24-47H2,1-3H3,(H,53,56)/b23-20-. The number of aliphatic hydroxyl groups excluding tert-OH is 2. The second-order valence-electron chi connectivity index (χ2n) is 17.9. The minimum Gasteiger partial charge on any atom is -0.462 e. The molecule has 0 spiro atoms. The molecule has 0 aliphatic heterocycles. The molecule has 0 radical (unpaired) electrons. The molecule has 0 saturated carbocycles. The van der Waals surface area contributed by atoms with Crippen molar-refractivity contribution in [2.45, 2.75) is 302 Å². The molecular weight excluding hydrogens is 719 g/mol. The number of aliphatic hydroxyl groups is 2. The second-order valence-corrected chi connectivity index (χ2v) is 17.9. The fourth-order valence-electron chi connectivity index (χ4n) is 8.13. The number of carbonyl (C=O) groups excluding carboxylic acids is 2. The van der Waals surface area contributed by atoms with Crippen molar-refractivity contribution in [2.75, 3.05) is 6.61 Å². The van der Waals surface area contributed by atoms with E-state index in [1.807, 2.05) is 0 Å². The Morgan fingerprint density at radius 1 is 0.483 bits per heavy atom. The quantitative estimate of drug-likeness (QED) is 0.0323. The number of hydrogen-bond donors (Lipinski definition) is 3. The van der Waals surface area contributed by atoms with E-state index in [4.69, 9.17) is 4.74 Å². The first kappa shape index (κ1) is 56.6. The van der Waals surface area contributed by atoms with Gasteiger partial charge in [0.25, 0.3) is 0 Å². The van der Waals surface area contributed by atoms with Gasteiger partial charge in [0.15, 0.2) is 0 Å². The minimum atomic E-state index is -0.783. The van der Waals surface area contributed by atoms with Gasteiger partial charge in [-0.25, -0.2) is 0 Å². The lowest BCUT2D eigenvalue weighted by Crippen LogP contribution is -2.46. The highest BCUT2D eigenvalue weighted by Crippen LogP contribution is 2.18. The molecular formula is C52H101NO5. The largest absolute Gasteiger partial charge is 0.462 e. The molecule has 344 valence electrons. The van der Waals surface area contributed by atoms with Crippen LogP contribution in [0.5, 0.6) is 0 Å². The summed E-state index contributed by atoms with van der Waals surface area (Å²) in [5.41, 5.74) is 0. The highest BCUT2D eigenvalue weighted by Gasteiger charge is 2.24. The van der Waals surface area contributed by atoms with Gasteiger partial charge in [-0.05, 0) is 51.4 Å². The third-order valence-corrected chi connectivity index (χ3v) is 12.1. The van der Waals surface area contributed by atoms with Crippen molar-refractivity contribution in [1.29, 1.82) is 0 Å². The molecule has 0 fully saturated rings. The Bertz CT molecular complexity index is 878. The van der Waals surface area contributed by atoms with Gasteiger partial charge < -0.3 is 20.3 Å². The van der Waals surface area contributed by atoms with Gasteiger partial charge in [-0.3, -0.25) is 9.59 Å². The minimum absolute atomic E-state index is 0.0785. The molecule has 3 N–H and O–H groups in total. The van der Waals surface area contributed by atoms with Crippen LogP contribution in [0.3, 0.4) is 0 Å².